The fourth-order valence-corrected chi connectivity index (χ4v) is 3.73. The van der Waals surface area contributed by atoms with Crippen LogP contribution in [0.4, 0.5) is 10.5 Å². The van der Waals surface area contributed by atoms with Gasteiger partial charge < -0.3 is 20.1 Å². The second-order valence-corrected chi connectivity index (χ2v) is 9.32. The molecule has 0 aliphatic heterocycles. The number of aromatic hydroxyl groups is 1. The summed E-state index contributed by atoms with van der Waals surface area (Å²) in [6, 6.07) is 22.7. The number of H-pyrrole nitrogens is 1. The van der Waals surface area contributed by atoms with Crippen LogP contribution in [0.15, 0.2) is 77.8 Å². The number of hydrogen-bond acceptors (Lipinski definition) is 4. The predicted octanol–water partition coefficient (Wildman–Crippen LogP) is 6.72. The number of amides is 1. The van der Waals surface area contributed by atoms with E-state index in [1.54, 1.807) is 12.1 Å². The standard InChI is InChI=1S/C27H26ClN3O3/c1-27(2,3)34-26(33)29-16-17-9-12-20(13-10-17)30-24(18-7-5-4-6-8-18)23-21-14-11-19(28)15-22(21)31-25(23)32/h4-15,31-32H,16H2,1-3H3,(H,29,33). The van der Waals surface area contributed by atoms with Gasteiger partial charge in [-0.25, -0.2) is 9.79 Å². The Morgan fingerprint density at radius 3 is 2.44 bits per heavy atom. The third kappa shape index (κ3) is 5.58. The quantitative estimate of drug-likeness (QED) is 0.280. The molecule has 0 radical (unpaired) electrons. The average Bonchev–Trinajstić information content (AvgIpc) is 3.11. The van der Waals surface area contributed by atoms with Crippen LogP contribution in [0.1, 0.15) is 37.5 Å². The van der Waals surface area contributed by atoms with Crippen molar-refractivity contribution >= 4 is 40.0 Å². The van der Waals surface area contributed by atoms with Crippen LogP contribution in [-0.4, -0.2) is 27.5 Å². The van der Waals surface area contributed by atoms with Crippen LogP contribution in [0.2, 0.25) is 5.02 Å². The second-order valence-electron chi connectivity index (χ2n) is 8.89. The number of nitrogens with one attached hydrogen (secondary N) is 2. The molecule has 3 aromatic carbocycles. The Balaban J connectivity index is 1.65. The molecule has 0 spiro atoms. The molecule has 6 nitrogen and oxygen atoms in total. The molecule has 1 amide bonds. The van der Waals surface area contributed by atoms with Gasteiger partial charge in [0.1, 0.15) is 5.60 Å². The lowest BCUT2D eigenvalue weighted by Crippen LogP contribution is -2.32. The highest BCUT2D eigenvalue weighted by atomic mass is 35.5. The van der Waals surface area contributed by atoms with Crippen molar-refractivity contribution in [3.8, 4) is 5.88 Å². The van der Waals surface area contributed by atoms with Gasteiger partial charge in [0.15, 0.2) is 5.88 Å². The molecule has 0 aliphatic carbocycles. The number of aromatic amines is 1. The minimum absolute atomic E-state index is 0.0260. The Morgan fingerprint density at radius 2 is 1.76 bits per heavy atom. The largest absolute Gasteiger partial charge is 0.494 e. The van der Waals surface area contributed by atoms with Gasteiger partial charge in [-0.2, -0.15) is 0 Å². The van der Waals surface area contributed by atoms with Crippen LogP contribution >= 0.6 is 11.6 Å². The Bertz CT molecular complexity index is 1340. The maximum atomic E-state index is 11.9. The molecule has 1 aromatic heterocycles. The summed E-state index contributed by atoms with van der Waals surface area (Å²) < 4.78 is 5.27. The molecule has 0 saturated heterocycles. The van der Waals surface area contributed by atoms with Crippen molar-refractivity contribution in [3.05, 3.63) is 94.5 Å². The number of carbonyl (C=O) groups is 1. The topological polar surface area (TPSA) is 86.7 Å². The third-order valence-electron chi connectivity index (χ3n) is 5.04. The Morgan fingerprint density at radius 1 is 1.06 bits per heavy atom. The zero-order valence-electron chi connectivity index (χ0n) is 19.2. The maximum absolute atomic E-state index is 11.9. The molecule has 0 fully saturated rings. The van der Waals surface area contributed by atoms with Gasteiger partial charge in [0, 0.05) is 22.5 Å². The van der Waals surface area contributed by atoms with E-state index in [1.165, 1.54) is 0 Å². The van der Waals surface area contributed by atoms with Crippen LogP contribution < -0.4 is 5.32 Å². The Kier molecular flexibility index (Phi) is 6.61. The first-order valence-corrected chi connectivity index (χ1v) is 11.3. The first-order chi connectivity index (χ1) is 16.2. The molecule has 4 rings (SSSR count). The van der Waals surface area contributed by atoms with Gasteiger partial charge in [-0.3, -0.25) is 0 Å². The number of alkyl carbamates (subject to hydrolysis) is 1. The summed E-state index contributed by atoms with van der Waals surface area (Å²) in [6.45, 7) is 5.81. The molecule has 1 heterocycles. The number of hydrogen-bond donors (Lipinski definition) is 3. The first-order valence-electron chi connectivity index (χ1n) is 10.9. The Labute approximate surface area is 203 Å². The second kappa shape index (κ2) is 9.61. The molecule has 4 aromatic rings. The summed E-state index contributed by atoms with van der Waals surface area (Å²) in [5.41, 5.74) is 3.91. The van der Waals surface area contributed by atoms with Crippen molar-refractivity contribution in [2.24, 2.45) is 4.99 Å². The van der Waals surface area contributed by atoms with Crippen molar-refractivity contribution in [1.29, 1.82) is 0 Å². The molecule has 7 heteroatoms. The number of fused-ring (bicyclic) bond motifs is 1. The van der Waals surface area contributed by atoms with Gasteiger partial charge in [-0.15, -0.1) is 0 Å². The number of benzene rings is 3. The van der Waals surface area contributed by atoms with Gasteiger partial charge in [0.05, 0.1) is 22.5 Å². The lowest BCUT2D eigenvalue weighted by molar-refractivity contribution is 0.0523. The number of halogens is 1. The average molecular weight is 476 g/mol. The summed E-state index contributed by atoms with van der Waals surface area (Å²) in [6.07, 6.45) is -0.462. The number of rotatable bonds is 5. The van der Waals surface area contributed by atoms with Crippen molar-refractivity contribution in [2.45, 2.75) is 32.9 Å². The molecule has 3 N–H and O–H groups in total. The molecule has 0 aliphatic rings. The lowest BCUT2D eigenvalue weighted by Gasteiger charge is -2.19. The molecular weight excluding hydrogens is 450 g/mol. The van der Waals surface area contributed by atoms with Gasteiger partial charge in [-0.05, 0) is 50.6 Å². The number of carbonyl (C=O) groups excluding carboxylic acids is 1. The fraction of sp³-hybridized carbons (Fsp3) is 0.185. The van der Waals surface area contributed by atoms with Crippen LogP contribution in [0, 0.1) is 0 Å². The van der Waals surface area contributed by atoms with Crippen molar-refractivity contribution in [1.82, 2.24) is 10.3 Å². The molecule has 0 unspecified atom stereocenters. The van der Waals surface area contributed by atoms with Gasteiger partial charge in [0.2, 0.25) is 0 Å². The zero-order chi connectivity index (χ0) is 24.3. The van der Waals surface area contributed by atoms with Crippen molar-refractivity contribution < 1.29 is 14.6 Å². The van der Waals surface area contributed by atoms with Crippen molar-refractivity contribution in [3.63, 3.8) is 0 Å². The summed E-state index contributed by atoms with van der Waals surface area (Å²) in [5.74, 6) is 0.0260. The number of aliphatic imine (C=N–C) groups is 1. The minimum atomic E-state index is -0.546. The van der Waals surface area contributed by atoms with E-state index < -0.39 is 11.7 Å². The smallest absolute Gasteiger partial charge is 0.407 e. The highest BCUT2D eigenvalue weighted by molar-refractivity contribution is 6.31. The molecule has 34 heavy (non-hydrogen) atoms. The summed E-state index contributed by atoms with van der Waals surface area (Å²) in [5, 5.41) is 14.9. The molecule has 0 atom stereocenters. The van der Waals surface area contributed by atoms with Gasteiger partial charge >= 0.3 is 6.09 Å². The third-order valence-corrected chi connectivity index (χ3v) is 5.27. The zero-order valence-corrected chi connectivity index (χ0v) is 20.0. The normalized spacial score (nSPS) is 12.1. The van der Waals surface area contributed by atoms with E-state index in [-0.39, 0.29) is 5.88 Å². The lowest BCUT2D eigenvalue weighted by atomic mass is 10.0. The number of ether oxygens (including phenoxy) is 1. The van der Waals surface area contributed by atoms with E-state index in [4.69, 9.17) is 21.3 Å². The van der Waals surface area contributed by atoms with Crippen molar-refractivity contribution in [2.75, 3.05) is 0 Å². The van der Waals surface area contributed by atoms with E-state index in [0.717, 1.165) is 22.0 Å². The van der Waals surface area contributed by atoms with Crippen LogP contribution in [0.25, 0.3) is 10.9 Å². The van der Waals surface area contributed by atoms with Gasteiger partial charge in [-0.1, -0.05) is 60.1 Å². The van der Waals surface area contributed by atoms with Gasteiger partial charge in [0.25, 0.3) is 0 Å². The highest BCUT2D eigenvalue weighted by Gasteiger charge is 2.19. The summed E-state index contributed by atoms with van der Waals surface area (Å²) in [7, 11) is 0. The highest BCUT2D eigenvalue weighted by Crippen LogP contribution is 2.32. The monoisotopic (exact) mass is 475 g/mol. The number of nitrogens with zero attached hydrogens (tertiary/aromatic N) is 1. The fourth-order valence-electron chi connectivity index (χ4n) is 3.56. The summed E-state index contributed by atoms with van der Waals surface area (Å²) >= 11 is 6.13. The van der Waals surface area contributed by atoms with Crippen LogP contribution in [-0.2, 0) is 11.3 Å². The minimum Gasteiger partial charge on any atom is -0.494 e. The summed E-state index contributed by atoms with van der Waals surface area (Å²) in [4.78, 5) is 19.8. The van der Waals surface area contributed by atoms with E-state index in [0.29, 0.717) is 28.5 Å². The first kappa shape index (κ1) is 23.4. The molecule has 0 bridgehead atoms. The molecule has 0 saturated carbocycles. The molecular formula is C27H26ClN3O3. The van der Waals surface area contributed by atoms with Crippen LogP contribution in [0.5, 0.6) is 5.88 Å². The van der Waals surface area contributed by atoms with Crippen LogP contribution in [0.3, 0.4) is 0 Å². The van der Waals surface area contributed by atoms with E-state index in [9.17, 15) is 9.90 Å². The van der Waals surface area contributed by atoms with E-state index in [1.807, 2.05) is 81.4 Å². The van der Waals surface area contributed by atoms with E-state index >= 15 is 0 Å². The number of aromatic nitrogens is 1. The maximum Gasteiger partial charge on any atom is 0.407 e. The molecule has 174 valence electrons. The predicted molar refractivity (Wildman–Crippen MR) is 136 cm³/mol. The SMILES string of the molecule is CC(C)(C)OC(=O)NCc1ccc(N=C(c2ccccc2)c2c(O)[nH]c3cc(Cl)ccc23)cc1. The Hall–Kier alpha value is -3.77. The van der Waals surface area contributed by atoms with E-state index in [2.05, 4.69) is 10.3 Å².